The molecule has 116 valence electrons. The topological polar surface area (TPSA) is 75.6 Å². The maximum absolute atomic E-state index is 12.3. The van der Waals surface area contributed by atoms with Crippen LogP contribution in [0.15, 0.2) is 30.4 Å². The van der Waals surface area contributed by atoms with E-state index >= 15 is 0 Å². The lowest BCUT2D eigenvalue weighted by molar-refractivity contribution is -0.146. The zero-order chi connectivity index (χ0) is 15.9. The van der Waals surface area contributed by atoms with Crippen LogP contribution < -0.4 is 5.32 Å². The number of aliphatic carboxylic acids is 1. The number of benzene rings is 1. The second-order valence-corrected chi connectivity index (χ2v) is 6.12. The van der Waals surface area contributed by atoms with E-state index in [4.69, 9.17) is 27.9 Å². The number of carbonyl (C=O) groups is 2. The number of nitrogens with one attached hydrogen (secondary N) is 1. The summed E-state index contributed by atoms with van der Waals surface area (Å²) in [6.07, 6.45) is 2.45. The Morgan fingerprint density at radius 1 is 1.14 bits per heavy atom. The van der Waals surface area contributed by atoms with Gasteiger partial charge in [0.2, 0.25) is 5.91 Å². The van der Waals surface area contributed by atoms with E-state index in [0.29, 0.717) is 10.0 Å². The summed E-state index contributed by atoms with van der Waals surface area (Å²) in [4.78, 5) is 23.7. The van der Waals surface area contributed by atoms with E-state index in [2.05, 4.69) is 5.32 Å². The molecule has 22 heavy (non-hydrogen) atoms. The Morgan fingerprint density at radius 2 is 1.82 bits per heavy atom. The third-order valence-electron chi connectivity index (χ3n) is 3.94. The molecular weight excluding hydrogens is 329 g/mol. The number of fused-ring (bicyclic) bond motifs is 2. The molecule has 4 atom stereocenters. The summed E-state index contributed by atoms with van der Waals surface area (Å²) in [7, 11) is 0. The van der Waals surface area contributed by atoms with Crippen molar-refractivity contribution < 1.29 is 19.4 Å². The van der Waals surface area contributed by atoms with Crippen LogP contribution in [0, 0.1) is 11.8 Å². The Bertz CT molecular complexity index is 661. The predicted octanol–water partition coefficient (Wildman–Crippen LogP) is 2.26. The zero-order valence-corrected chi connectivity index (χ0v) is 12.8. The molecule has 2 aliphatic rings. The zero-order valence-electron chi connectivity index (χ0n) is 11.3. The van der Waals surface area contributed by atoms with Crippen molar-refractivity contribution in [2.24, 2.45) is 11.8 Å². The van der Waals surface area contributed by atoms with Crippen LogP contribution in [0.25, 0.3) is 0 Å². The molecule has 2 bridgehead atoms. The predicted molar refractivity (Wildman–Crippen MR) is 80.7 cm³/mol. The highest BCUT2D eigenvalue weighted by atomic mass is 35.5. The van der Waals surface area contributed by atoms with Crippen molar-refractivity contribution in [2.45, 2.75) is 18.8 Å². The first-order valence-electron chi connectivity index (χ1n) is 6.75. The molecule has 0 aliphatic carbocycles. The molecule has 0 radical (unpaired) electrons. The standard InChI is InChI=1S/C15H13Cl2NO4/c16-8-2-1-7(5-9(8)17)6-18-14(19)12-10-3-4-11(22-10)13(12)15(20)21/h1-5,10-13H,6H2,(H,18,19)(H,20,21)/t10-,11+,12+,13-/m1/s1. The van der Waals surface area contributed by atoms with Crippen molar-refractivity contribution in [3.63, 3.8) is 0 Å². The number of ether oxygens (including phenoxy) is 1. The van der Waals surface area contributed by atoms with Gasteiger partial charge in [0.05, 0.1) is 28.2 Å². The van der Waals surface area contributed by atoms with Gasteiger partial charge in [-0.1, -0.05) is 41.4 Å². The molecule has 1 amide bonds. The van der Waals surface area contributed by atoms with Gasteiger partial charge in [-0.05, 0) is 17.7 Å². The second-order valence-electron chi connectivity index (χ2n) is 5.31. The van der Waals surface area contributed by atoms with Gasteiger partial charge < -0.3 is 15.2 Å². The summed E-state index contributed by atoms with van der Waals surface area (Å²) >= 11 is 11.8. The molecule has 1 aromatic carbocycles. The normalized spacial score (nSPS) is 28.8. The average molecular weight is 342 g/mol. The average Bonchev–Trinajstić information content (AvgIpc) is 3.08. The number of hydrogen-bond acceptors (Lipinski definition) is 3. The van der Waals surface area contributed by atoms with Crippen LogP contribution in [0.4, 0.5) is 0 Å². The van der Waals surface area contributed by atoms with Gasteiger partial charge in [-0.3, -0.25) is 9.59 Å². The fourth-order valence-corrected chi connectivity index (χ4v) is 3.19. The second kappa shape index (κ2) is 5.91. The summed E-state index contributed by atoms with van der Waals surface area (Å²) in [6, 6.07) is 5.06. The first kappa shape index (κ1) is 15.3. The number of hydrogen-bond donors (Lipinski definition) is 2. The molecular formula is C15H13Cl2NO4. The summed E-state index contributed by atoms with van der Waals surface area (Å²) in [5.41, 5.74) is 0.786. The lowest BCUT2D eigenvalue weighted by Crippen LogP contribution is -2.42. The van der Waals surface area contributed by atoms with Crippen molar-refractivity contribution >= 4 is 35.1 Å². The van der Waals surface area contributed by atoms with Crippen molar-refractivity contribution in [1.82, 2.24) is 5.32 Å². The molecule has 0 aromatic heterocycles. The summed E-state index contributed by atoms with van der Waals surface area (Å²) < 4.78 is 5.48. The van der Waals surface area contributed by atoms with Crippen LogP contribution >= 0.6 is 23.2 Å². The van der Waals surface area contributed by atoms with Crippen molar-refractivity contribution in [2.75, 3.05) is 0 Å². The Kier molecular flexibility index (Phi) is 4.12. The van der Waals surface area contributed by atoms with E-state index in [1.165, 1.54) is 0 Å². The van der Waals surface area contributed by atoms with Gasteiger partial charge in [-0.15, -0.1) is 0 Å². The molecule has 2 N–H and O–H groups in total. The molecule has 1 saturated heterocycles. The Balaban J connectivity index is 1.68. The van der Waals surface area contributed by atoms with Gasteiger partial charge in [0.1, 0.15) is 5.92 Å². The lowest BCUT2D eigenvalue weighted by Gasteiger charge is -2.21. The van der Waals surface area contributed by atoms with E-state index in [1.54, 1.807) is 30.4 Å². The molecule has 5 nitrogen and oxygen atoms in total. The summed E-state index contributed by atoms with van der Waals surface area (Å²) in [5, 5.41) is 12.9. The Labute approximate surface area is 136 Å². The minimum absolute atomic E-state index is 0.250. The fourth-order valence-electron chi connectivity index (χ4n) is 2.87. The monoisotopic (exact) mass is 341 g/mol. The molecule has 0 saturated carbocycles. The third-order valence-corrected chi connectivity index (χ3v) is 4.68. The molecule has 1 aromatic rings. The molecule has 2 heterocycles. The number of carboxylic acid groups (broad SMARTS) is 1. The van der Waals surface area contributed by atoms with E-state index < -0.39 is 30.0 Å². The maximum atomic E-state index is 12.3. The Hall–Kier alpha value is -1.56. The van der Waals surface area contributed by atoms with Gasteiger partial charge >= 0.3 is 5.97 Å². The maximum Gasteiger partial charge on any atom is 0.310 e. The van der Waals surface area contributed by atoms with Gasteiger partial charge in [-0.25, -0.2) is 0 Å². The van der Waals surface area contributed by atoms with Crippen LogP contribution in [-0.2, 0) is 20.9 Å². The minimum Gasteiger partial charge on any atom is -0.481 e. The van der Waals surface area contributed by atoms with Gasteiger partial charge in [0.15, 0.2) is 0 Å². The molecule has 3 rings (SSSR count). The smallest absolute Gasteiger partial charge is 0.310 e. The molecule has 0 unspecified atom stereocenters. The molecule has 2 aliphatic heterocycles. The largest absolute Gasteiger partial charge is 0.481 e. The number of halogens is 2. The number of carbonyl (C=O) groups excluding carboxylic acids is 1. The van der Waals surface area contributed by atoms with Gasteiger partial charge in [-0.2, -0.15) is 0 Å². The SMILES string of the molecule is O=C(NCc1ccc(Cl)c(Cl)c1)[C@@H]1[C@H](C(=O)O)[C@@H]2C=C[C@H]1O2. The first-order valence-corrected chi connectivity index (χ1v) is 7.51. The van der Waals surface area contributed by atoms with E-state index in [1.807, 2.05) is 0 Å². The Morgan fingerprint density at radius 3 is 2.45 bits per heavy atom. The first-order chi connectivity index (χ1) is 10.5. The van der Waals surface area contributed by atoms with E-state index in [9.17, 15) is 14.7 Å². The van der Waals surface area contributed by atoms with Crippen LogP contribution in [0.5, 0.6) is 0 Å². The van der Waals surface area contributed by atoms with Crippen molar-refractivity contribution in [3.8, 4) is 0 Å². The van der Waals surface area contributed by atoms with Gasteiger partial charge in [0, 0.05) is 6.54 Å². The summed E-state index contributed by atoms with van der Waals surface area (Å²) in [6.45, 7) is 0.250. The van der Waals surface area contributed by atoms with Crippen LogP contribution in [0.3, 0.4) is 0 Å². The minimum atomic E-state index is -1.02. The number of rotatable bonds is 4. The quantitative estimate of drug-likeness (QED) is 0.823. The molecule has 7 heteroatoms. The van der Waals surface area contributed by atoms with Crippen molar-refractivity contribution in [3.05, 3.63) is 46.0 Å². The van der Waals surface area contributed by atoms with Gasteiger partial charge in [0.25, 0.3) is 0 Å². The van der Waals surface area contributed by atoms with E-state index in [0.717, 1.165) is 5.56 Å². The van der Waals surface area contributed by atoms with Crippen molar-refractivity contribution in [1.29, 1.82) is 0 Å². The van der Waals surface area contributed by atoms with Crippen LogP contribution in [0.2, 0.25) is 10.0 Å². The van der Waals surface area contributed by atoms with Crippen LogP contribution in [0.1, 0.15) is 5.56 Å². The van der Waals surface area contributed by atoms with Crippen LogP contribution in [-0.4, -0.2) is 29.2 Å². The summed E-state index contributed by atoms with van der Waals surface area (Å²) in [5.74, 6) is -2.92. The lowest BCUT2D eigenvalue weighted by atomic mass is 9.82. The highest BCUT2D eigenvalue weighted by molar-refractivity contribution is 6.42. The molecule has 0 spiro atoms. The molecule has 1 fully saturated rings. The van der Waals surface area contributed by atoms with E-state index in [-0.39, 0.29) is 12.5 Å². The number of amides is 1. The highest BCUT2D eigenvalue weighted by Gasteiger charge is 2.53. The fraction of sp³-hybridized carbons (Fsp3) is 0.333. The third kappa shape index (κ3) is 2.72. The highest BCUT2D eigenvalue weighted by Crippen LogP contribution is 2.39. The number of carboxylic acids is 1.